The number of fused-ring (bicyclic) bond motifs is 2. The summed E-state index contributed by atoms with van der Waals surface area (Å²) in [6.07, 6.45) is 6.49. The van der Waals surface area contributed by atoms with Crippen molar-refractivity contribution in [1.82, 2.24) is 19.9 Å². The molecule has 1 fully saturated rings. The maximum absolute atomic E-state index is 13.6. The van der Waals surface area contributed by atoms with Crippen molar-refractivity contribution in [2.75, 3.05) is 16.8 Å². The molecule has 0 atom stereocenters. The van der Waals surface area contributed by atoms with Crippen LogP contribution in [0.15, 0.2) is 24.5 Å². The molecule has 2 aliphatic rings. The molecule has 4 N–H and O–H groups in total. The van der Waals surface area contributed by atoms with E-state index in [0.29, 0.717) is 23.7 Å². The fourth-order valence-corrected chi connectivity index (χ4v) is 4.11. The standard InChI is InChI=1S/C19H22FN7.2ClH/c20-12-1-6-15-11(9-12)7-8-27(15)18-16-17(23-10-22-16)25-19(26-18)24-14-4-2-13(21)3-5-14;;/h1,6,9-10,13-14H,2-5,7-8,21H2,(H2,22,23,24,25,26);2*1H. The lowest BCUT2D eigenvalue weighted by molar-refractivity contribution is 0.410. The molecular formula is C19H24Cl2FN7. The first-order chi connectivity index (χ1) is 13.2. The van der Waals surface area contributed by atoms with Gasteiger partial charge in [0, 0.05) is 24.3 Å². The van der Waals surface area contributed by atoms with Crippen molar-refractivity contribution in [2.45, 2.75) is 44.2 Å². The summed E-state index contributed by atoms with van der Waals surface area (Å²) in [7, 11) is 0. The summed E-state index contributed by atoms with van der Waals surface area (Å²) in [6, 6.07) is 5.54. The normalized spacial score (nSPS) is 20.7. The number of benzene rings is 1. The Morgan fingerprint density at radius 2 is 1.93 bits per heavy atom. The van der Waals surface area contributed by atoms with Gasteiger partial charge in [0.25, 0.3) is 0 Å². The zero-order valence-corrected chi connectivity index (χ0v) is 17.4. The molecule has 0 unspecified atom stereocenters. The molecule has 0 saturated heterocycles. The van der Waals surface area contributed by atoms with Gasteiger partial charge < -0.3 is 20.9 Å². The average Bonchev–Trinajstić information content (AvgIpc) is 3.29. The minimum atomic E-state index is -0.206. The van der Waals surface area contributed by atoms with Crippen LogP contribution < -0.4 is 16.0 Å². The molecule has 0 spiro atoms. The molecule has 0 amide bonds. The highest BCUT2D eigenvalue weighted by atomic mass is 35.5. The molecule has 2 aromatic heterocycles. The number of halogens is 3. The molecule has 1 aliphatic carbocycles. The van der Waals surface area contributed by atoms with E-state index in [-0.39, 0.29) is 30.6 Å². The lowest BCUT2D eigenvalue weighted by Gasteiger charge is -2.27. The highest BCUT2D eigenvalue weighted by molar-refractivity contribution is 5.88. The number of anilines is 3. The number of nitrogens with one attached hydrogen (secondary N) is 2. The molecular weight excluding hydrogens is 416 g/mol. The Morgan fingerprint density at radius 3 is 2.72 bits per heavy atom. The number of hydrogen-bond acceptors (Lipinski definition) is 6. The summed E-state index contributed by atoms with van der Waals surface area (Å²) < 4.78 is 13.6. The van der Waals surface area contributed by atoms with Crippen LogP contribution in [0.1, 0.15) is 31.2 Å². The van der Waals surface area contributed by atoms with Gasteiger partial charge in [-0.15, -0.1) is 24.8 Å². The molecule has 10 heteroatoms. The Kier molecular flexibility index (Phi) is 6.45. The predicted molar refractivity (Wildman–Crippen MR) is 117 cm³/mol. The topological polar surface area (TPSA) is 95.8 Å². The SMILES string of the molecule is Cl.Cl.NC1CCC(Nc2nc(N3CCc4cc(F)ccc43)c3[nH]cnc3n2)CC1. The minimum Gasteiger partial charge on any atom is -0.351 e. The van der Waals surface area contributed by atoms with Crippen molar-refractivity contribution in [1.29, 1.82) is 0 Å². The quantitative estimate of drug-likeness (QED) is 0.575. The van der Waals surface area contributed by atoms with Crippen molar-refractivity contribution in [3.05, 3.63) is 35.9 Å². The molecule has 5 rings (SSSR count). The zero-order chi connectivity index (χ0) is 18.4. The third-order valence-electron chi connectivity index (χ3n) is 5.56. The highest BCUT2D eigenvalue weighted by Gasteiger charge is 2.26. The molecule has 1 saturated carbocycles. The Balaban J connectivity index is 0.00000120. The van der Waals surface area contributed by atoms with Crippen molar-refractivity contribution >= 4 is 53.4 Å². The van der Waals surface area contributed by atoms with Gasteiger partial charge in [-0.25, -0.2) is 9.37 Å². The first-order valence-electron chi connectivity index (χ1n) is 9.46. The minimum absolute atomic E-state index is 0. The summed E-state index contributed by atoms with van der Waals surface area (Å²) >= 11 is 0. The summed E-state index contributed by atoms with van der Waals surface area (Å²) in [5.74, 6) is 1.15. The van der Waals surface area contributed by atoms with E-state index in [1.165, 1.54) is 6.07 Å². The Hall–Kier alpha value is -2.16. The summed E-state index contributed by atoms with van der Waals surface area (Å²) in [5, 5.41) is 3.46. The zero-order valence-electron chi connectivity index (χ0n) is 15.8. The van der Waals surface area contributed by atoms with E-state index in [1.807, 2.05) is 6.07 Å². The van der Waals surface area contributed by atoms with Gasteiger partial charge in [-0.2, -0.15) is 9.97 Å². The van der Waals surface area contributed by atoms with Crippen LogP contribution in [0, 0.1) is 5.82 Å². The van der Waals surface area contributed by atoms with Gasteiger partial charge in [-0.1, -0.05) is 0 Å². The van der Waals surface area contributed by atoms with Crippen molar-refractivity contribution in [3.63, 3.8) is 0 Å². The van der Waals surface area contributed by atoms with Gasteiger partial charge in [0.2, 0.25) is 5.95 Å². The van der Waals surface area contributed by atoms with Crippen LogP contribution in [0.4, 0.5) is 21.8 Å². The second-order valence-corrected chi connectivity index (χ2v) is 7.40. The monoisotopic (exact) mass is 439 g/mol. The molecule has 3 heterocycles. The third kappa shape index (κ3) is 4.10. The molecule has 1 aromatic carbocycles. The Bertz CT molecular complexity index is 988. The molecule has 0 radical (unpaired) electrons. The number of aromatic nitrogens is 4. The van der Waals surface area contributed by atoms with E-state index in [2.05, 4.69) is 25.2 Å². The first-order valence-corrected chi connectivity index (χ1v) is 9.46. The fraction of sp³-hybridized carbons (Fsp3) is 0.421. The number of hydrogen-bond donors (Lipinski definition) is 3. The van der Waals surface area contributed by atoms with Crippen LogP contribution in [-0.2, 0) is 6.42 Å². The van der Waals surface area contributed by atoms with Crippen LogP contribution in [0.25, 0.3) is 11.2 Å². The van der Waals surface area contributed by atoms with E-state index >= 15 is 0 Å². The number of aromatic amines is 1. The second kappa shape index (κ2) is 8.69. The molecule has 29 heavy (non-hydrogen) atoms. The Morgan fingerprint density at radius 1 is 1.14 bits per heavy atom. The number of rotatable bonds is 3. The number of nitrogens with zero attached hydrogens (tertiary/aromatic N) is 4. The maximum atomic E-state index is 13.6. The van der Waals surface area contributed by atoms with Crippen molar-refractivity contribution in [2.24, 2.45) is 5.73 Å². The number of nitrogens with two attached hydrogens (primary N) is 1. The van der Waals surface area contributed by atoms with Crippen molar-refractivity contribution < 1.29 is 4.39 Å². The fourth-order valence-electron chi connectivity index (χ4n) is 4.11. The molecule has 156 valence electrons. The largest absolute Gasteiger partial charge is 0.351 e. The van der Waals surface area contributed by atoms with E-state index in [4.69, 9.17) is 10.7 Å². The summed E-state index contributed by atoms with van der Waals surface area (Å²) in [4.78, 5) is 19.0. The summed E-state index contributed by atoms with van der Waals surface area (Å²) in [5.41, 5.74) is 9.42. The van der Waals surface area contributed by atoms with Gasteiger partial charge in [0.15, 0.2) is 11.5 Å². The van der Waals surface area contributed by atoms with Gasteiger partial charge in [0.05, 0.1) is 6.33 Å². The van der Waals surface area contributed by atoms with E-state index in [0.717, 1.165) is 61.2 Å². The summed E-state index contributed by atoms with van der Waals surface area (Å²) in [6.45, 7) is 0.752. The molecule has 7 nitrogen and oxygen atoms in total. The number of imidazole rings is 1. The number of H-pyrrole nitrogens is 1. The Labute approximate surface area is 180 Å². The molecule has 0 bridgehead atoms. The maximum Gasteiger partial charge on any atom is 0.227 e. The molecule has 3 aromatic rings. The second-order valence-electron chi connectivity index (χ2n) is 7.40. The third-order valence-corrected chi connectivity index (χ3v) is 5.56. The van der Waals surface area contributed by atoms with Crippen LogP contribution >= 0.6 is 24.8 Å². The van der Waals surface area contributed by atoms with Crippen LogP contribution in [-0.4, -0.2) is 38.6 Å². The predicted octanol–water partition coefficient (Wildman–Crippen LogP) is 3.71. The van der Waals surface area contributed by atoms with Crippen LogP contribution in [0.5, 0.6) is 0 Å². The van der Waals surface area contributed by atoms with E-state index in [1.54, 1.807) is 12.4 Å². The van der Waals surface area contributed by atoms with E-state index in [9.17, 15) is 4.39 Å². The van der Waals surface area contributed by atoms with Crippen molar-refractivity contribution in [3.8, 4) is 0 Å². The first kappa shape index (κ1) is 21.5. The van der Waals surface area contributed by atoms with Gasteiger partial charge >= 0.3 is 0 Å². The van der Waals surface area contributed by atoms with Crippen LogP contribution in [0.2, 0.25) is 0 Å². The highest BCUT2D eigenvalue weighted by Crippen LogP contribution is 2.37. The lowest BCUT2D eigenvalue weighted by atomic mass is 9.92. The smallest absolute Gasteiger partial charge is 0.227 e. The van der Waals surface area contributed by atoms with Crippen LogP contribution in [0.3, 0.4) is 0 Å². The van der Waals surface area contributed by atoms with E-state index < -0.39 is 0 Å². The molecule has 1 aliphatic heterocycles. The lowest BCUT2D eigenvalue weighted by Crippen LogP contribution is -2.33. The van der Waals surface area contributed by atoms with Gasteiger partial charge in [-0.3, -0.25) is 0 Å². The average molecular weight is 440 g/mol. The van der Waals surface area contributed by atoms with Gasteiger partial charge in [-0.05, 0) is 55.9 Å². The van der Waals surface area contributed by atoms with Gasteiger partial charge in [0.1, 0.15) is 11.3 Å².